The number of ether oxygens (including phenoxy) is 1. The Morgan fingerprint density at radius 1 is 1.16 bits per heavy atom. The molecule has 0 N–H and O–H groups in total. The third kappa shape index (κ3) is 2.74. The van der Waals surface area contributed by atoms with Crippen LogP contribution in [0.2, 0.25) is 0 Å². The maximum atomic E-state index is 14.3. The van der Waals surface area contributed by atoms with Gasteiger partial charge in [0.25, 0.3) is 5.91 Å². The van der Waals surface area contributed by atoms with E-state index in [0.29, 0.717) is 17.3 Å². The highest BCUT2D eigenvalue weighted by atomic mass is 19.1. The van der Waals surface area contributed by atoms with Crippen molar-refractivity contribution in [3.63, 3.8) is 0 Å². The van der Waals surface area contributed by atoms with Crippen LogP contribution in [0.3, 0.4) is 0 Å². The standard InChI is InChI=1S/C20H15FN2O2/c1-13-8-9-16(21)15(11-13)20(24)23-12-14-5-4-10-22-19(14)25-18-7-3-2-6-17(18)23/h2-11H,12H2,1H3. The van der Waals surface area contributed by atoms with Gasteiger partial charge in [0.15, 0.2) is 5.75 Å². The van der Waals surface area contributed by atoms with Gasteiger partial charge in [-0.05, 0) is 37.3 Å². The number of amides is 1. The molecule has 0 radical (unpaired) electrons. The summed E-state index contributed by atoms with van der Waals surface area (Å²) in [5.74, 6) is 0.0231. The normalized spacial score (nSPS) is 12.6. The van der Waals surface area contributed by atoms with Crippen LogP contribution in [0, 0.1) is 12.7 Å². The molecule has 0 unspecified atom stereocenters. The largest absolute Gasteiger partial charge is 0.436 e. The summed E-state index contributed by atoms with van der Waals surface area (Å²) in [5.41, 5.74) is 2.22. The van der Waals surface area contributed by atoms with E-state index in [1.807, 2.05) is 25.1 Å². The maximum absolute atomic E-state index is 14.3. The first-order valence-electron chi connectivity index (χ1n) is 7.92. The Hall–Kier alpha value is -3.21. The molecule has 0 spiro atoms. The number of carbonyl (C=O) groups excluding carboxylic acids is 1. The Labute approximate surface area is 144 Å². The number of aromatic nitrogens is 1. The molecule has 1 aromatic heterocycles. The van der Waals surface area contributed by atoms with Crippen molar-refractivity contribution in [3.8, 4) is 11.6 Å². The van der Waals surface area contributed by atoms with Crippen molar-refractivity contribution in [1.82, 2.24) is 4.98 Å². The van der Waals surface area contributed by atoms with Crippen molar-refractivity contribution < 1.29 is 13.9 Å². The zero-order valence-electron chi connectivity index (χ0n) is 13.6. The van der Waals surface area contributed by atoms with Gasteiger partial charge in [-0.15, -0.1) is 0 Å². The summed E-state index contributed by atoms with van der Waals surface area (Å²) < 4.78 is 20.1. The van der Waals surface area contributed by atoms with E-state index in [2.05, 4.69) is 4.98 Å². The van der Waals surface area contributed by atoms with Crippen molar-refractivity contribution in [2.24, 2.45) is 0 Å². The van der Waals surface area contributed by atoms with E-state index in [1.165, 1.54) is 11.0 Å². The number of para-hydroxylation sites is 2. The molecular formula is C20H15FN2O2. The molecule has 0 saturated carbocycles. The molecule has 0 fully saturated rings. The van der Waals surface area contributed by atoms with Gasteiger partial charge >= 0.3 is 0 Å². The molecule has 4 nitrogen and oxygen atoms in total. The van der Waals surface area contributed by atoms with E-state index in [4.69, 9.17) is 4.74 Å². The maximum Gasteiger partial charge on any atom is 0.261 e. The van der Waals surface area contributed by atoms with Crippen LogP contribution in [-0.2, 0) is 6.54 Å². The van der Waals surface area contributed by atoms with E-state index in [1.54, 1.807) is 36.5 Å². The third-order valence-corrected chi connectivity index (χ3v) is 4.14. The minimum Gasteiger partial charge on any atom is -0.436 e. The Morgan fingerprint density at radius 3 is 2.88 bits per heavy atom. The van der Waals surface area contributed by atoms with Crippen LogP contribution in [-0.4, -0.2) is 10.9 Å². The molecule has 2 aromatic carbocycles. The highest BCUT2D eigenvalue weighted by Crippen LogP contribution is 2.38. The number of pyridine rings is 1. The lowest BCUT2D eigenvalue weighted by Gasteiger charge is -2.22. The number of nitrogens with zero attached hydrogens (tertiary/aromatic N) is 2. The van der Waals surface area contributed by atoms with Crippen molar-refractivity contribution in [2.45, 2.75) is 13.5 Å². The number of hydrogen-bond acceptors (Lipinski definition) is 3. The minimum absolute atomic E-state index is 0.0437. The van der Waals surface area contributed by atoms with E-state index >= 15 is 0 Å². The predicted molar refractivity (Wildman–Crippen MR) is 92.4 cm³/mol. The van der Waals surface area contributed by atoms with E-state index in [-0.39, 0.29) is 12.1 Å². The smallest absolute Gasteiger partial charge is 0.261 e. The number of rotatable bonds is 1. The number of anilines is 1. The highest BCUT2D eigenvalue weighted by molar-refractivity contribution is 6.07. The molecule has 1 aliphatic rings. The summed E-state index contributed by atoms with van der Waals surface area (Å²) in [7, 11) is 0. The Kier molecular flexibility index (Phi) is 3.69. The average molecular weight is 334 g/mol. The molecule has 0 atom stereocenters. The van der Waals surface area contributed by atoms with Gasteiger partial charge < -0.3 is 9.64 Å². The van der Waals surface area contributed by atoms with Gasteiger partial charge in [0, 0.05) is 11.8 Å². The monoisotopic (exact) mass is 334 g/mol. The Balaban J connectivity index is 1.85. The number of fused-ring (bicyclic) bond motifs is 2. The first-order chi connectivity index (χ1) is 12.1. The lowest BCUT2D eigenvalue weighted by atomic mass is 10.1. The summed E-state index contributed by atoms with van der Waals surface area (Å²) in [6.07, 6.45) is 1.64. The van der Waals surface area contributed by atoms with Crippen molar-refractivity contribution >= 4 is 11.6 Å². The summed E-state index contributed by atoms with van der Waals surface area (Å²) in [5, 5.41) is 0. The fraction of sp³-hybridized carbons (Fsp3) is 0.100. The van der Waals surface area contributed by atoms with Gasteiger partial charge in [0.2, 0.25) is 5.88 Å². The quantitative estimate of drug-likeness (QED) is 0.659. The third-order valence-electron chi connectivity index (χ3n) is 4.14. The second-order valence-electron chi connectivity index (χ2n) is 5.91. The van der Waals surface area contributed by atoms with Crippen LogP contribution < -0.4 is 9.64 Å². The molecule has 4 rings (SSSR count). The van der Waals surface area contributed by atoms with Crippen LogP contribution in [0.4, 0.5) is 10.1 Å². The number of halogens is 1. The number of hydrogen-bond donors (Lipinski definition) is 0. The first kappa shape index (κ1) is 15.3. The molecule has 0 saturated heterocycles. The Morgan fingerprint density at radius 2 is 2.00 bits per heavy atom. The van der Waals surface area contributed by atoms with Crippen LogP contribution in [0.25, 0.3) is 0 Å². The van der Waals surface area contributed by atoms with E-state index < -0.39 is 11.7 Å². The SMILES string of the molecule is Cc1ccc(F)c(C(=O)N2Cc3cccnc3Oc3ccccc32)c1. The molecule has 0 bridgehead atoms. The molecule has 1 amide bonds. The van der Waals surface area contributed by atoms with Crippen molar-refractivity contribution in [1.29, 1.82) is 0 Å². The zero-order valence-corrected chi connectivity index (χ0v) is 13.6. The zero-order chi connectivity index (χ0) is 17.4. The molecule has 25 heavy (non-hydrogen) atoms. The van der Waals surface area contributed by atoms with Gasteiger partial charge in [-0.3, -0.25) is 4.79 Å². The fourth-order valence-electron chi connectivity index (χ4n) is 2.89. The number of aryl methyl sites for hydroxylation is 1. The van der Waals surface area contributed by atoms with Crippen LogP contribution in [0.1, 0.15) is 21.5 Å². The minimum atomic E-state index is -0.537. The fourth-order valence-corrected chi connectivity index (χ4v) is 2.89. The summed E-state index contributed by atoms with van der Waals surface area (Å²) >= 11 is 0. The number of carbonyl (C=O) groups is 1. The number of benzene rings is 2. The van der Waals surface area contributed by atoms with Crippen molar-refractivity contribution in [3.05, 3.63) is 83.3 Å². The van der Waals surface area contributed by atoms with Crippen LogP contribution in [0.15, 0.2) is 60.8 Å². The van der Waals surface area contributed by atoms with Crippen molar-refractivity contribution in [2.75, 3.05) is 4.90 Å². The second-order valence-corrected chi connectivity index (χ2v) is 5.91. The van der Waals surface area contributed by atoms with Crippen LogP contribution in [0.5, 0.6) is 11.6 Å². The van der Waals surface area contributed by atoms with Gasteiger partial charge in [-0.2, -0.15) is 0 Å². The molecule has 1 aliphatic heterocycles. The first-order valence-corrected chi connectivity index (χ1v) is 7.92. The molecular weight excluding hydrogens is 319 g/mol. The molecule has 124 valence electrons. The van der Waals surface area contributed by atoms with Gasteiger partial charge in [-0.1, -0.05) is 29.8 Å². The Bertz CT molecular complexity index is 971. The predicted octanol–water partition coefficient (Wildman–Crippen LogP) is 4.48. The van der Waals surface area contributed by atoms with E-state index in [9.17, 15) is 9.18 Å². The molecule has 3 aromatic rings. The lowest BCUT2D eigenvalue weighted by molar-refractivity contribution is 0.0981. The van der Waals surface area contributed by atoms with E-state index in [0.717, 1.165) is 11.1 Å². The molecule has 0 aliphatic carbocycles. The summed E-state index contributed by atoms with van der Waals surface area (Å²) in [6.45, 7) is 2.08. The average Bonchev–Trinajstić information content (AvgIpc) is 2.79. The van der Waals surface area contributed by atoms with Gasteiger partial charge in [-0.25, -0.2) is 9.37 Å². The topological polar surface area (TPSA) is 42.4 Å². The molecule has 5 heteroatoms. The molecule has 2 heterocycles. The summed E-state index contributed by atoms with van der Waals surface area (Å²) in [4.78, 5) is 18.9. The van der Waals surface area contributed by atoms with Crippen LogP contribution >= 0.6 is 0 Å². The highest BCUT2D eigenvalue weighted by Gasteiger charge is 2.28. The second kappa shape index (κ2) is 6.02. The van der Waals surface area contributed by atoms with Gasteiger partial charge in [0.05, 0.1) is 17.8 Å². The van der Waals surface area contributed by atoms with Gasteiger partial charge in [0.1, 0.15) is 5.82 Å². The summed E-state index contributed by atoms with van der Waals surface area (Å²) in [6, 6.07) is 15.4. The lowest BCUT2D eigenvalue weighted by Crippen LogP contribution is -2.30.